The summed E-state index contributed by atoms with van der Waals surface area (Å²) < 4.78 is 26.7. The van der Waals surface area contributed by atoms with E-state index in [4.69, 9.17) is 0 Å². The molecule has 1 aromatic heterocycles. The van der Waals surface area contributed by atoms with E-state index in [0.29, 0.717) is 33.0 Å². The molecule has 0 aliphatic carbocycles. The van der Waals surface area contributed by atoms with Gasteiger partial charge in [-0.3, -0.25) is 34.2 Å². The summed E-state index contributed by atoms with van der Waals surface area (Å²) in [6.45, 7) is 1.22. The van der Waals surface area contributed by atoms with E-state index in [0.717, 1.165) is 16.9 Å². The van der Waals surface area contributed by atoms with Gasteiger partial charge < -0.3 is 5.11 Å². The molecule has 0 saturated heterocycles. The number of fused-ring (bicyclic) bond motifs is 1. The SMILES string of the molecule is Cc1cc(NS(C)(=O)=O)ccc1/C=C/C=c1/c([N+](=O)[O-])c2c(n(C(COO)Cc3ccccc3)c1=O)=NN(C(Cc1ccccc1)C(=O)O)C2=O. The fraction of sp³-hybridized carbons (Fsp3) is 0.200. The fourth-order valence-electron chi connectivity index (χ4n) is 5.84. The Morgan fingerprint density at radius 3 is 2.22 bits per heavy atom. The van der Waals surface area contributed by atoms with Crippen molar-refractivity contribution in [1.29, 1.82) is 0 Å². The van der Waals surface area contributed by atoms with Gasteiger partial charge in [0.25, 0.3) is 17.2 Å². The number of hydrogen-bond acceptors (Lipinski definition) is 10. The second-order valence-electron chi connectivity index (χ2n) is 11.8. The summed E-state index contributed by atoms with van der Waals surface area (Å²) in [4.78, 5) is 57.2. The van der Waals surface area contributed by atoms with Crippen LogP contribution in [0, 0.1) is 17.0 Å². The maximum absolute atomic E-state index is 14.3. The molecule has 2 heterocycles. The summed E-state index contributed by atoms with van der Waals surface area (Å²) in [5.74, 6) is -2.52. The van der Waals surface area contributed by atoms with Crippen LogP contribution in [0.2, 0.25) is 0 Å². The van der Waals surface area contributed by atoms with Gasteiger partial charge in [0, 0.05) is 12.1 Å². The number of nitro groups is 1. The van der Waals surface area contributed by atoms with Gasteiger partial charge in [0.05, 0.1) is 17.2 Å². The van der Waals surface area contributed by atoms with Crippen molar-refractivity contribution in [3.63, 3.8) is 0 Å². The van der Waals surface area contributed by atoms with E-state index in [1.54, 1.807) is 79.7 Å². The van der Waals surface area contributed by atoms with Gasteiger partial charge in [0.15, 0.2) is 17.1 Å². The molecule has 3 aromatic carbocycles. The average Bonchev–Trinajstić information content (AvgIpc) is 3.40. The van der Waals surface area contributed by atoms with Crippen LogP contribution in [0.3, 0.4) is 0 Å². The third-order valence-corrected chi connectivity index (χ3v) is 8.72. The molecule has 264 valence electrons. The minimum atomic E-state index is -3.52. The first-order valence-electron chi connectivity index (χ1n) is 15.5. The molecule has 0 spiro atoms. The highest BCUT2D eigenvalue weighted by atomic mass is 32.2. The minimum absolute atomic E-state index is 0.0595. The quantitative estimate of drug-likeness (QED) is 0.0987. The molecule has 15 nitrogen and oxygen atoms in total. The number of amides is 1. The van der Waals surface area contributed by atoms with Gasteiger partial charge in [-0.15, -0.1) is 5.10 Å². The number of carboxylic acids is 1. The van der Waals surface area contributed by atoms with Crippen LogP contribution in [0.15, 0.2) is 94.8 Å². The molecule has 2 atom stereocenters. The molecule has 3 N–H and O–H groups in total. The molecule has 2 unspecified atom stereocenters. The maximum Gasteiger partial charge on any atom is 0.329 e. The average molecular weight is 716 g/mol. The van der Waals surface area contributed by atoms with Crippen molar-refractivity contribution >= 4 is 45.4 Å². The van der Waals surface area contributed by atoms with Crippen LogP contribution < -0.4 is 21.0 Å². The molecule has 5 rings (SSSR count). The summed E-state index contributed by atoms with van der Waals surface area (Å²) in [5, 5.41) is 36.8. The molecule has 51 heavy (non-hydrogen) atoms. The summed E-state index contributed by atoms with van der Waals surface area (Å²) in [7, 11) is -3.52. The number of pyridine rings is 1. The lowest BCUT2D eigenvalue weighted by molar-refractivity contribution is -0.386. The molecular formula is C35H33N5O10S. The molecule has 4 aromatic rings. The second-order valence-corrected chi connectivity index (χ2v) is 13.5. The Labute approximate surface area is 291 Å². The van der Waals surface area contributed by atoms with Crippen molar-refractivity contribution in [3.8, 4) is 0 Å². The number of aryl methyl sites for hydroxylation is 1. The highest BCUT2D eigenvalue weighted by Crippen LogP contribution is 2.23. The van der Waals surface area contributed by atoms with Gasteiger partial charge in [-0.25, -0.2) is 23.1 Å². The van der Waals surface area contributed by atoms with Crippen LogP contribution >= 0.6 is 0 Å². The Morgan fingerprint density at radius 1 is 1.04 bits per heavy atom. The van der Waals surface area contributed by atoms with Crippen molar-refractivity contribution in [2.45, 2.75) is 31.8 Å². The van der Waals surface area contributed by atoms with Gasteiger partial charge in [-0.05, 0) is 53.8 Å². The Hall–Kier alpha value is -5.97. The second kappa shape index (κ2) is 15.3. The van der Waals surface area contributed by atoms with Gasteiger partial charge in [-0.1, -0.05) is 78.9 Å². The fourth-order valence-corrected chi connectivity index (χ4v) is 6.39. The van der Waals surface area contributed by atoms with Crippen molar-refractivity contribution in [2.24, 2.45) is 5.10 Å². The topological polar surface area (TPSA) is 211 Å². The number of nitrogens with one attached hydrogen (secondary N) is 1. The third-order valence-electron chi connectivity index (χ3n) is 8.11. The van der Waals surface area contributed by atoms with Gasteiger partial charge in [0.2, 0.25) is 10.0 Å². The first kappa shape index (κ1) is 36.3. The first-order valence-corrected chi connectivity index (χ1v) is 17.4. The molecule has 0 bridgehead atoms. The summed E-state index contributed by atoms with van der Waals surface area (Å²) in [6, 6.07) is 19.3. The number of rotatable bonds is 14. The number of carboxylic acid groups (broad SMARTS) is 1. The van der Waals surface area contributed by atoms with Crippen LogP contribution in [-0.2, 0) is 32.5 Å². The molecule has 0 saturated carbocycles. The highest BCUT2D eigenvalue weighted by molar-refractivity contribution is 7.92. The maximum atomic E-state index is 14.3. The molecule has 0 fully saturated rings. The Morgan fingerprint density at radius 2 is 1.67 bits per heavy atom. The lowest BCUT2D eigenvalue weighted by Gasteiger charge is -2.20. The number of benzene rings is 3. The number of hydrogen-bond donors (Lipinski definition) is 3. The lowest BCUT2D eigenvalue weighted by Crippen LogP contribution is -2.48. The highest BCUT2D eigenvalue weighted by Gasteiger charge is 2.42. The number of nitrogens with zero attached hydrogens (tertiary/aromatic N) is 4. The van der Waals surface area contributed by atoms with E-state index in [2.05, 4.69) is 14.7 Å². The first-order chi connectivity index (χ1) is 24.3. The predicted octanol–water partition coefficient (Wildman–Crippen LogP) is 2.89. The normalized spacial score (nSPS) is 14.3. The van der Waals surface area contributed by atoms with Crippen LogP contribution in [0.4, 0.5) is 11.4 Å². The van der Waals surface area contributed by atoms with Crippen LogP contribution in [-0.4, -0.2) is 64.1 Å². The Balaban J connectivity index is 1.72. The van der Waals surface area contributed by atoms with Crippen LogP contribution in [0.1, 0.15) is 38.7 Å². The minimum Gasteiger partial charge on any atom is -0.480 e. The van der Waals surface area contributed by atoms with E-state index in [1.165, 1.54) is 18.2 Å². The van der Waals surface area contributed by atoms with E-state index < -0.39 is 73.0 Å². The number of sulfonamides is 1. The van der Waals surface area contributed by atoms with E-state index in [-0.39, 0.29) is 12.8 Å². The molecule has 1 amide bonds. The number of carbonyl (C=O) groups excluding carboxylic acids is 1. The molecule has 0 radical (unpaired) electrons. The Bertz CT molecular complexity index is 2310. The molecular weight excluding hydrogens is 682 g/mol. The van der Waals surface area contributed by atoms with Gasteiger partial charge in [0.1, 0.15) is 11.8 Å². The van der Waals surface area contributed by atoms with E-state index >= 15 is 0 Å². The number of aliphatic carboxylic acids is 1. The zero-order valence-corrected chi connectivity index (χ0v) is 28.2. The smallest absolute Gasteiger partial charge is 0.329 e. The molecule has 1 aliphatic rings. The van der Waals surface area contributed by atoms with Crippen molar-refractivity contribution in [1.82, 2.24) is 9.58 Å². The molecule has 16 heteroatoms. The van der Waals surface area contributed by atoms with Gasteiger partial charge in [-0.2, -0.15) is 0 Å². The summed E-state index contributed by atoms with van der Waals surface area (Å²) in [6.07, 6.45) is 4.95. The van der Waals surface area contributed by atoms with Crippen molar-refractivity contribution in [3.05, 3.63) is 144 Å². The molecule has 1 aliphatic heterocycles. The number of carbonyl (C=O) groups is 2. The Kier molecular flexibility index (Phi) is 10.9. The zero-order chi connectivity index (χ0) is 36.9. The van der Waals surface area contributed by atoms with Gasteiger partial charge >= 0.3 is 5.97 Å². The lowest BCUT2D eigenvalue weighted by atomic mass is 10.0. The third kappa shape index (κ3) is 8.26. The number of aromatic nitrogens is 1. The van der Waals surface area contributed by atoms with Crippen LogP contribution in [0.5, 0.6) is 0 Å². The standard InChI is InChI=1S/C35H33N5O10S/c1-22-18-26(37-51(2,48)49)17-16-25(22)14-9-15-28-31(40(45)46)30-32(38(33(28)41)27(21-50-47)19-23-10-5-3-6-11-23)36-39(34(30)42)29(35(43)44)20-24-12-7-4-8-13-24/h3-18,27,29,37,47H,19-21H2,1-2H3,(H,43,44)/b14-9+,28-15-. The van der Waals surface area contributed by atoms with Crippen molar-refractivity contribution in [2.75, 3.05) is 17.6 Å². The zero-order valence-electron chi connectivity index (χ0n) is 27.4. The number of allylic oxidation sites excluding steroid dienone is 1. The van der Waals surface area contributed by atoms with Crippen LogP contribution in [0.25, 0.3) is 12.2 Å². The van der Waals surface area contributed by atoms with E-state index in [9.17, 15) is 43.3 Å². The largest absolute Gasteiger partial charge is 0.480 e. The summed E-state index contributed by atoms with van der Waals surface area (Å²) in [5.41, 5.74) is -0.0514. The predicted molar refractivity (Wildman–Crippen MR) is 187 cm³/mol. The summed E-state index contributed by atoms with van der Waals surface area (Å²) >= 11 is 0. The van der Waals surface area contributed by atoms with Crippen molar-refractivity contribution < 1.29 is 38.2 Å². The monoisotopic (exact) mass is 715 g/mol. The van der Waals surface area contributed by atoms with E-state index in [1.807, 2.05) is 0 Å². The number of anilines is 1.